The predicted octanol–water partition coefficient (Wildman–Crippen LogP) is 4.12. The number of H-pyrrole nitrogens is 2. The van der Waals surface area contributed by atoms with Crippen LogP contribution in [0.15, 0.2) is 54.7 Å². The van der Waals surface area contributed by atoms with E-state index in [1.807, 2.05) is 18.3 Å². The third-order valence-electron chi connectivity index (χ3n) is 3.33. The van der Waals surface area contributed by atoms with Crippen molar-refractivity contribution in [1.29, 1.82) is 0 Å². The maximum Gasteiger partial charge on any atom is 0.0465 e. The molecule has 2 heterocycles. The van der Waals surface area contributed by atoms with Crippen LogP contribution >= 0.6 is 0 Å². The van der Waals surface area contributed by atoms with Crippen LogP contribution in [0.2, 0.25) is 0 Å². The number of hydrogen-bond donors (Lipinski definition) is 2. The van der Waals surface area contributed by atoms with E-state index in [0.29, 0.717) is 0 Å². The van der Waals surface area contributed by atoms with Crippen molar-refractivity contribution in [3.63, 3.8) is 0 Å². The van der Waals surface area contributed by atoms with Gasteiger partial charge in [-0.3, -0.25) is 0 Å². The number of aromatic amines is 2. The Labute approximate surface area is 104 Å². The van der Waals surface area contributed by atoms with E-state index in [1.54, 1.807) is 0 Å². The zero-order valence-corrected chi connectivity index (χ0v) is 9.70. The number of aromatic nitrogens is 2. The van der Waals surface area contributed by atoms with Crippen LogP contribution in [0.3, 0.4) is 0 Å². The van der Waals surface area contributed by atoms with Gasteiger partial charge in [-0.25, -0.2) is 0 Å². The van der Waals surface area contributed by atoms with E-state index in [9.17, 15) is 0 Å². The lowest BCUT2D eigenvalue weighted by Crippen LogP contribution is -1.77. The standard InChI is InChI=1S/C16H11N2/c1-2-4-14-12(3-1)10-16(18-14)13-6-5-11-7-8-17-15(11)9-13/h1,3-10,17-18H. The van der Waals surface area contributed by atoms with Gasteiger partial charge in [0.25, 0.3) is 0 Å². The number of benzene rings is 2. The van der Waals surface area contributed by atoms with Crippen LogP contribution in [0.25, 0.3) is 33.1 Å². The summed E-state index contributed by atoms with van der Waals surface area (Å²) in [5, 5.41) is 2.46. The Morgan fingerprint density at radius 1 is 0.889 bits per heavy atom. The van der Waals surface area contributed by atoms with Crippen LogP contribution in [0.1, 0.15) is 0 Å². The molecular formula is C16H11N2. The van der Waals surface area contributed by atoms with E-state index in [1.165, 1.54) is 16.3 Å². The SMILES string of the molecule is [c]1ccc2cc(-c3ccc4cc[nH]c4c3)[nH]c2c1. The molecular weight excluding hydrogens is 220 g/mol. The van der Waals surface area contributed by atoms with Crippen LogP contribution in [-0.2, 0) is 0 Å². The first-order chi connectivity index (χ1) is 8.90. The Morgan fingerprint density at radius 3 is 2.83 bits per heavy atom. The highest BCUT2D eigenvalue weighted by Crippen LogP contribution is 2.26. The smallest absolute Gasteiger partial charge is 0.0465 e. The number of rotatable bonds is 1. The molecule has 2 heteroatoms. The van der Waals surface area contributed by atoms with E-state index in [0.717, 1.165) is 16.7 Å². The average molecular weight is 231 g/mol. The lowest BCUT2D eigenvalue weighted by molar-refractivity contribution is 1.44. The minimum absolute atomic E-state index is 1.12. The Morgan fingerprint density at radius 2 is 1.89 bits per heavy atom. The summed E-state index contributed by atoms with van der Waals surface area (Å²) >= 11 is 0. The second kappa shape index (κ2) is 3.50. The van der Waals surface area contributed by atoms with Gasteiger partial charge in [-0.1, -0.05) is 24.3 Å². The number of hydrogen-bond acceptors (Lipinski definition) is 0. The van der Waals surface area contributed by atoms with Gasteiger partial charge in [0, 0.05) is 33.9 Å². The van der Waals surface area contributed by atoms with Crippen molar-refractivity contribution in [1.82, 2.24) is 9.97 Å². The minimum Gasteiger partial charge on any atom is -0.361 e. The molecule has 85 valence electrons. The highest BCUT2D eigenvalue weighted by molar-refractivity contribution is 5.89. The number of nitrogens with one attached hydrogen (secondary N) is 2. The second-order valence-corrected chi connectivity index (χ2v) is 4.48. The van der Waals surface area contributed by atoms with Gasteiger partial charge in [-0.15, -0.1) is 0 Å². The fourth-order valence-corrected chi connectivity index (χ4v) is 2.38. The highest BCUT2D eigenvalue weighted by Gasteiger charge is 2.04. The second-order valence-electron chi connectivity index (χ2n) is 4.48. The van der Waals surface area contributed by atoms with Crippen LogP contribution in [0.4, 0.5) is 0 Å². The molecule has 4 rings (SSSR count). The van der Waals surface area contributed by atoms with Crippen molar-refractivity contribution >= 4 is 21.8 Å². The topological polar surface area (TPSA) is 31.6 Å². The van der Waals surface area contributed by atoms with Gasteiger partial charge in [0.2, 0.25) is 0 Å². The largest absolute Gasteiger partial charge is 0.361 e. The molecule has 0 fully saturated rings. The van der Waals surface area contributed by atoms with Crippen LogP contribution in [0.5, 0.6) is 0 Å². The first-order valence-electron chi connectivity index (χ1n) is 5.96. The lowest BCUT2D eigenvalue weighted by Gasteiger charge is -1.98. The van der Waals surface area contributed by atoms with Gasteiger partial charge in [-0.2, -0.15) is 0 Å². The Hall–Kier alpha value is -2.48. The average Bonchev–Trinajstić information content (AvgIpc) is 3.04. The summed E-state index contributed by atoms with van der Waals surface area (Å²) in [7, 11) is 0. The van der Waals surface area contributed by atoms with E-state index in [-0.39, 0.29) is 0 Å². The molecule has 4 aromatic rings. The summed E-state index contributed by atoms with van der Waals surface area (Å²) in [5.41, 5.74) is 4.62. The molecule has 2 aromatic heterocycles. The molecule has 0 atom stereocenters. The van der Waals surface area contributed by atoms with E-state index in [2.05, 4.69) is 52.4 Å². The molecule has 2 nitrogen and oxygen atoms in total. The van der Waals surface area contributed by atoms with Gasteiger partial charge in [0.15, 0.2) is 0 Å². The summed E-state index contributed by atoms with van der Waals surface area (Å²) in [6.07, 6.45) is 1.97. The molecule has 0 aliphatic carbocycles. The summed E-state index contributed by atoms with van der Waals surface area (Å²) < 4.78 is 0. The minimum atomic E-state index is 1.12. The third-order valence-corrected chi connectivity index (χ3v) is 3.33. The van der Waals surface area contributed by atoms with Crippen LogP contribution < -0.4 is 0 Å². The molecule has 18 heavy (non-hydrogen) atoms. The summed E-state index contributed by atoms with van der Waals surface area (Å²) in [6.45, 7) is 0. The summed E-state index contributed by atoms with van der Waals surface area (Å²) in [5.74, 6) is 0. The molecule has 0 bridgehead atoms. The molecule has 0 saturated carbocycles. The monoisotopic (exact) mass is 231 g/mol. The van der Waals surface area contributed by atoms with Gasteiger partial charge < -0.3 is 9.97 Å². The van der Waals surface area contributed by atoms with Gasteiger partial charge in [0.05, 0.1) is 0 Å². The first-order valence-corrected chi connectivity index (χ1v) is 5.96. The third kappa shape index (κ3) is 1.36. The van der Waals surface area contributed by atoms with Gasteiger partial charge >= 0.3 is 0 Å². The van der Waals surface area contributed by atoms with Crippen molar-refractivity contribution < 1.29 is 0 Å². The van der Waals surface area contributed by atoms with E-state index >= 15 is 0 Å². The highest BCUT2D eigenvalue weighted by atomic mass is 14.7. The normalized spacial score (nSPS) is 11.3. The fourth-order valence-electron chi connectivity index (χ4n) is 2.38. The maximum absolute atomic E-state index is 3.42. The van der Waals surface area contributed by atoms with Gasteiger partial charge in [-0.05, 0) is 35.7 Å². The zero-order chi connectivity index (χ0) is 11.9. The van der Waals surface area contributed by atoms with Crippen molar-refractivity contribution in [2.75, 3.05) is 0 Å². The molecule has 0 amide bonds. The Balaban J connectivity index is 1.94. The Bertz CT molecular complexity index is 803. The molecule has 0 unspecified atom stereocenters. The molecule has 0 aliphatic heterocycles. The van der Waals surface area contributed by atoms with Crippen LogP contribution in [-0.4, -0.2) is 9.97 Å². The zero-order valence-electron chi connectivity index (χ0n) is 9.70. The van der Waals surface area contributed by atoms with Crippen molar-refractivity contribution in [3.8, 4) is 11.3 Å². The van der Waals surface area contributed by atoms with E-state index < -0.39 is 0 Å². The molecule has 1 radical (unpaired) electrons. The maximum atomic E-state index is 3.42. The first kappa shape index (κ1) is 9.54. The summed E-state index contributed by atoms with van der Waals surface area (Å²) in [4.78, 5) is 6.67. The molecule has 0 saturated heterocycles. The molecule has 2 N–H and O–H groups in total. The predicted molar refractivity (Wildman–Crippen MR) is 74.4 cm³/mol. The fraction of sp³-hybridized carbons (Fsp3) is 0. The lowest BCUT2D eigenvalue weighted by atomic mass is 10.1. The van der Waals surface area contributed by atoms with Crippen molar-refractivity contribution in [2.45, 2.75) is 0 Å². The van der Waals surface area contributed by atoms with E-state index in [4.69, 9.17) is 0 Å². The van der Waals surface area contributed by atoms with Gasteiger partial charge in [0.1, 0.15) is 0 Å². The summed E-state index contributed by atoms with van der Waals surface area (Å²) in [6, 6.07) is 19.8. The molecule has 2 aromatic carbocycles. The quantitative estimate of drug-likeness (QED) is 0.494. The number of fused-ring (bicyclic) bond motifs is 2. The molecule has 0 aliphatic rings. The molecule has 0 spiro atoms. The van der Waals surface area contributed by atoms with Crippen molar-refractivity contribution in [2.24, 2.45) is 0 Å². The van der Waals surface area contributed by atoms with Crippen molar-refractivity contribution in [3.05, 3.63) is 60.8 Å². The Kier molecular flexibility index (Phi) is 1.86. The van der Waals surface area contributed by atoms with Crippen LogP contribution in [0, 0.1) is 6.07 Å².